The maximum absolute atomic E-state index is 12.6. The summed E-state index contributed by atoms with van der Waals surface area (Å²) < 4.78 is 5.27. The Bertz CT molecular complexity index is 1160. The van der Waals surface area contributed by atoms with Crippen LogP contribution in [0.3, 0.4) is 0 Å². The number of aryl methyl sites for hydroxylation is 2. The lowest BCUT2D eigenvalue weighted by molar-refractivity contribution is 0.0714. The van der Waals surface area contributed by atoms with Crippen molar-refractivity contribution in [1.82, 2.24) is 14.9 Å². The molecule has 148 valence electrons. The molecule has 0 aromatic carbocycles. The number of thiophene rings is 2. The van der Waals surface area contributed by atoms with Gasteiger partial charge in [-0.15, -0.1) is 22.7 Å². The van der Waals surface area contributed by atoms with Crippen LogP contribution >= 0.6 is 22.7 Å². The van der Waals surface area contributed by atoms with E-state index in [-0.39, 0.29) is 5.91 Å². The van der Waals surface area contributed by atoms with Gasteiger partial charge >= 0.3 is 0 Å². The Morgan fingerprint density at radius 3 is 2.62 bits per heavy atom. The number of hydrogen-bond acceptors (Lipinski definition) is 7. The molecule has 0 bridgehead atoms. The van der Waals surface area contributed by atoms with Gasteiger partial charge in [-0.1, -0.05) is 6.07 Å². The average Bonchev–Trinajstić information content (AvgIpc) is 3.50. The van der Waals surface area contributed by atoms with Gasteiger partial charge in [0.25, 0.3) is 5.91 Å². The first kappa shape index (κ1) is 18.3. The van der Waals surface area contributed by atoms with Crippen molar-refractivity contribution in [2.24, 2.45) is 0 Å². The summed E-state index contributed by atoms with van der Waals surface area (Å²) >= 11 is 3.37. The molecule has 1 aliphatic rings. The highest BCUT2D eigenvalue weighted by atomic mass is 32.1. The molecule has 0 unspecified atom stereocenters. The third-order valence-corrected chi connectivity index (χ3v) is 7.32. The molecule has 0 N–H and O–H groups in total. The number of nitrogens with zero attached hydrogens (tertiary/aromatic N) is 4. The first-order valence-electron chi connectivity index (χ1n) is 9.51. The smallest absolute Gasteiger partial charge is 0.289 e. The van der Waals surface area contributed by atoms with Gasteiger partial charge in [0, 0.05) is 31.1 Å². The van der Waals surface area contributed by atoms with Crippen molar-refractivity contribution in [2.45, 2.75) is 13.8 Å². The van der Waals surface area contributed by atoms with Crippen molar-refractivity contribution in [3.63, 3.8) is 0 Å². The quantitative estimate of drug-likeness (QED) is 0.481. The second kappa shape index (κ2) is 7.27. The van der Waals surface area contributed by atoms with Gasteiger partial charge in [-0.25, -0.2) is 9.97 Å². The molecule has 5 rings (SSSR count). The molecule has 4 aromatic heterocycles. The van der Waals surface area contributed by atoms with Crippen molar-refractivity contribution in [1.29, 1.82) is 0 Å². The molecule has 0 aliphatic carbocycles. The van der Waals surface area contributed by atoms with Gasteiger partial charge in [-0.2, -0.15) is 0 Å². The molecule has 0 saturated carbocycles. The van der Waals surface area contributed by atoms with Crippen LogP contribution in [0.5, 0.6) is 0 Å². The predicted molar refractivity (Wildman–Crippen MR) is 117 cm³/mol. The van der Waals surface area contributed by atoms with Crippen molar-refractivity contribution < 1.29 is 9.21 Å². The van der Waals surface area contributed by atoms with Gasteiger partial charge in [-0.05, 0) is 43.0 Å². The number of hydrogen-bond donors (Lipinski definition) is 0. The normalized spacial score (nSPS) is 14.7. The summed E-state index contributed by atoms with van der Waals surface area (Å²) in [7, 11) is 0. The van der Waals surface area contributed by atoms with Crippen molar-refractivity contribution in [3.05, 3.63) is 52.1 Å². The minimum Gasteiger partial charge on any atom is -0.459 e. The van der Waals surface area contributed by atoms with E-state index in [1.807, 2.05) is 16.3 Å². The van der Waals surface area contributed by atoms with E-state index in [0.717, 1.165) is 39.8 Å². The highest BCUT2D eigenvalue weighted by Crippen LogP contribution is 2.37. The van der Waals surface area contributed by atoms with Crippen molar-refractivity contribution in [2.75, 3.05) is 31.1 Å². The summed E-state index contributed by atoms with van der Waals surface area (Å²) in [6, 6.07) is 7.54. The van der Waals surface area contributed by atoms with Crippen molar-refractivity contribution in [3.8, 4) is 10.7 Å². The van der Waals surface area contributed by atoms with E-state index in [9.17, 15) is 4.79 Å². The van der Waals surface area contributed by atoms with E-state index >= 15 is 0 Å². The Labute approximate surface area is 176 Å². The first-order chi connectivity index (χ1) is 14.1. The Balaban J connectivity index is 1.48. The van der Waals surface area contributed by atoms with Crippen LogP contribution in [0.4, 0.5) is 5.82 Å². The Hall–Kier alpha value is -2.71. The fraction of sp³-hybridized carbons (Fsp3) is 0.286. The lowest BCUT2D eigenvalue weighted by Gasteiger charge is -2.35. The van der Waals surface area contributed by atoms with Crippen LogP contribution in [0.15, 0.2) is 40.3 Å². The van der Waals surface area contributed by atoms with Crippen molar-refractivity contribution >= 4 is 44.6 Å². The lowest BCUT2D eigenvalue weighted by Crippen LogP contribution is -2.49. The molecule has 6 nitrogen and oxygen atoms in total. The number of rotatable bonds is 3. The van der Waals surface area contributed by atoms with Crippen LogP contribution in [0, 0.1) is 13.8 Å². The highest BCUT2D eigenvalue weighted by molar-refractivity contribution is 7.19. The Morgan fingerprint density at radius 1 is 1.10 bits per heavy atom. The van der Waals surface area contributed by atoms with Gasteiger partial charge in [-0.3, -0.25) is 4.79 Å². The first-order valence-corrected chi connectivity index (χ1v) is 11.2. The molecule has 0 atom stereocenters. The molecule has 1 aliphatic heterocycles. The number of aromatic nitrogens is 2. The van der Waals surface area contributed by atoms with Crippen LogP contribution in [0.2, 0.25) is 0 Å². The molecule has 0 radical (unpaired) electrons. The van der Waals surface area contributed by atoms with E-state index in [0.29, 0.717) is 18.8 Å². The summed E-state index contributed by atoms with van der Waals surface area (Å²) in [5, 5.41) is 3.19. The Morgan fingerprint density at radius 2 is 1.93 bits per heavy atom. The van der Waals surface area contributed by atoms with Gasteiger partial charge in [0.2, 0.25) is 0 Å². The second-order valence-electron chi connectivity index (χ2n) is 7.07. The molecule has 1 amide bonds. The third kappa shape index (κ3) is 3.22. The number of furan rings is 1. The van der Waals surface area contributed by atoms with E-state index < -0.39 is 0 Å². The zero-order valence-corrected chi connectivity index (χ0v) is 17.8. The standard InChI is InChI=1S/C21H20N4O2S2/c1-13-14(2)29-20-17(13)19(22-18(23-20)16-6-4-12-28-16)24-7-9-25(10-8-24)21(26)15-5-3-11-27-15/h3-6,11-12H,7-10H2,1-2H3. The molecule has 8 heteroatoms. The zero-order chi connectivity index (χ0) is 20.0. The number of fused-ring (bicyclic) bond motifs is 1. The second-order valence-corrected chi connectivity index (χ2v) is 9.22. The minimum atomic E-state index is -0.0516. The molecule has 29 heavy (non-hydrogen) atoms. The molecule has 1 saturated heterocycles. The maximum atomic E-state index is 12.6. The zero-order valence-electron chi connectivity index (χ0n) is 16.2. The summed E-state index contributed by atoms with van der Waals surface area (Å²) in [5.41, 5.74) is 1.24. The average molecular weight is 425 g/mol. The number of amides is 1. The third-order valence-electron chi connectivity index (χ3n) is 5.35. The summed E-state index contributed by atoms with van der Waals surface area (Å²) in [6.45, 7) is 7.02. The van der Waals surface area contributed by atoms with Crippen LogP contribution in [-0.2, 0) is 0 Å². The van der Waals surface area contributed by atoms with Gasteiger partial charge in [0.05, 0.1) is 16.5 Å². The van der Waals surface area contributed by atoms with E-state index in [4.69, 9.17) is 14.4 Å². The lowest BCUT2D eigenvalue weighted by atomic mass is 10.2. The van der Waals surface area contributed by atoms with E-state index in [2.05, 4.69) is 24.8 Å². The SMILES string of the molecule is Cc1sc2nc(-c3cccs3)nc(N3CCN(C(=O)c4ccco4)CC3)c2c1C. The van der Waals surface area contributed by atoms with Gasteiger partial charge in [0.15, 0.2) is 11.6 Å². The molecule has 1 fully saturated rings. The topological polar surface area (TPSA) is 62.5 Å². The molecule has 0 spiro atoms. The van der Waals surface area contributed by atoms with E-state index in [1.165, 1.54) is 16.7 Å². The van der Waals surface area contributed by atoms with E-state index in [1.54, 1.807) is 34.8 Å². The van der Waals surface area contributed by atoms with Crippen LogP contribution < -0.4 is 4.90 Å². The maximum Gasteiger partial charge on any atom is 0.289 e. The Kier molecular flexibility index (Phi) is 4.60. The molecule has 4 aromatic rings. The van der Waals surface area contributed by atoms with Crippen LogP contribution in [0.25, 0.3) is 20.9 Å². The summed E-state index contributed by atoms with van der Waals surface area (Å²) in [4.78, 5) is 29.9. The van der Waals surface area contributed by atoms with Crippen LogP contribution in [-0.4, -0.2) is 47.0 Å². The predicted octanol–water partition coefficient (Wildman–Crippen LogP) is 4.59. The van der Waals surface area contributed by atoms with Gasteiger partial charge < -0.3 is 14.2 Å². The number of anilines is 1. The summed E-state index contributed by atoms with van der Waals surface area (Å²) in [6.07, 6.45) is 1.54. The van der Waals surface area contributed by atoms with Crippen LogP contribution in [0.1, 0.15) is 21.0 Å². The monoisotopic (exact) mass is 424 g/mol. The summed E-state index contributed by atoms with van der Waals surface area (Å²) in [5.74, 6) is 2.10. The fourth-order valence-corrected chi connectivity index (χ4v) is 5.33. The molecule has 5 heterocycles. The minimum absolute atomic E-state index is 0.0516. The molecular formula is C21H20N4O2S2. The fourth-order valence-electron chi connectivity index (χ4n) is 3.65. The highest BCUT2D eigenvalue weighted by Gasteiger charge is 2.27. The van der Waals surface area contributed by atoms with Gasteiger partial charge in [0.1, 0.15) is 10.6 Å². The number of carbonyl (C=O) groups excluding carboxylic acids is 1. The largest absolute Gasteiger partial charge is 0.459 e. The molecular weight excluding hydrogens is 404 g/mol. The number of piperazine rings is 1. The number of carbonyl (C=O) groups is 1.